The molecular formula is C6H7NOS. The van der Waals surface area contributed by atoms with Crippen LogP contribution in [-0.2, 0) is 0 Å². The minimum Gasteiger partial charge on any atom is -0.494 e. The average Bonchev–Trinajstić information content (AvgIpc) is 1.89. The standard InChI is InChI=1S/C6H7NOS/c1-8-5-4-7-3-2-6(5)9/h2-4H,1H3,(H,7,9). The van der Waals surface area contributed by atoms with Gasteiger partial charge in [-0.2, -0.15) is 0 Å². The first-order valence-electron chi connectivity index (χ1n) is 2.55. The van der Waals surface area contributed by atoms with Gasteiger partial charge in [0.1, 0.15) is 0 Å². The molecule has 1 N–H and O–H groups in total. The Labute approximate surface area is 58.5 Å². The number of pyridine rings is 1. The molecule has 0 spiro atoms. The molecule has 2 nitrogen and oxygen atoms in total. The van der Waals surface area contributed by atoms with E-state index in [-0.39, 0.29) is 0 Å². The fourth-order valence-electron chi connectivity index (χ4n) is 0.560. The molecule has 0 atom stereocenters. The fourth-order valence-corrected chi connectivity index (χ4v) is 0.771. The molecule has 0 saturated carbocycles. The van der Waals surface area contributed by atoms with E-state index in [2.05, 4.69) is 4.98 Å². The Morgan fingerprint density at radius 1 is 1.67 bits per heavy atom. The van der Waals surface area contributed by atoms with E-state index in [4.69, 9.17) is 17.0 Å². The van der Waals surface area contributed by atoms with Crippen LogP contribution in [0.4, 0.5) is 0 Å². The van der Waals surface area contributed by atoms with Crippen LogP contribution >= 0.6 is 12.2 Å². The Bertz CT molecular complexity index is 243. The summed E-state index contributed by atoms with van der Waals surface area (Å²) in [5.74, 6) is 0.715. The Morgan fingerprint density at radius 3 is 2.89 bits per heavy atom. The SMILES string of the molecule is COc1c[nH]ccc1=S. The van der Waals surface area contributed by atoms with Crippen LogP contribution in [0.25, 0.3) is 0 Å². The zero-order valence-corrected chi connectivity index (χ0v) is 5.87. The van der Waals surface area contributed by atoms with Crippen molar-refractivity contribution in [3.8, 4) is 5.75 Å². The van der Waals surface area contributed by atoms with E-state index in [1.165, 1.54) is 0 Å². The lowest BCUT2D eigenvalue weighted by molar-refractivity contribution is 0.411. The van der Waals surface area contributed by atoms with Crippen LogP contribution in [0.15, 0.2) is 18.5 Å². The first-order valence-corrected chi connectivity index (χ1v) is 2.96. The van der Waals surface area contributed by atoms with Crippen LogP contribution in [0.5, 0.6) is 5.75 Å². The normalized spacial score (nSPS) is 9.00. The van der Waals surface area contributed by atoms with Gasteiger partial charge in [-0.3, -0.25) is 0 Å². The average molecular weight is 141 g/mol. The number of methoxy groups -OCH3 is 1. The van der Waals surface area contributed by atoms with Gasteiger partial charge >= 0.3 is 0 Å². The third-order valence-electron chi connectivity index (χ3n) is 1.01. The van der Waals surface area contributed by atoms with E-state index in [1.54, 1.807) is 25.6 Å². The highest BCUT2D eigenvalue weighted by Gasteiger charge is 1.87. The van der Waals surface area contributed by atoms with E-state index >= 15 is 0 Å². The van der Waals surface area contributed by atoms with E-state index in [0.717, 1.165) is 4.51 Å². The van der Waals surface area contributed by atoms with E-state index < -0.39 is 0 Å². The van der Waals surface area contributed by atoms with Crippen molar-refractivity contribution in [1.82, 2.24) is 4.98 Å². The molecule has 1 heterocycles. The summed E-state index contributed by atoms with van der Waals surface area (Å²) in [5, 5.41) is 0. The number of H-pyrrole nitrogens is 1. The largest absolute Gasteiger partial charge is 0.494 e. The second-order valence-corrected chi connectivity index (χ2v) is 2.02. The minimum atomic E-state index is 0.715. The van der Waals surface area contributed by atoms with Gasteiger partial charge in [0, 0.05) is 12.4 Å². The van der Waals surface area contributed by atoms with Crippen molar-refractivity contribution in [3.63, 3.8) is 0 Å². The van der Waals surface area contributed by atoms with Gasteiger partial charge in [-0.15, -0.1) is 0 Å². The summed E-state index contributed by atoms with van der Waals surface area (Å²) in [7, 11) is 1.60. The van der Waals surface area contributed by atoms with Gasteiger partial charge in [0.05, 0.1) is 11.6 Å². The molecule has 0 saturated heterocycles. The molecule has 0 aliphatic rings. The quantitative estimate of drug-likeness (QED) is 0.603. The number of aromatic amines is 1. The zero-order valence-electron chi connectivity index (χ0n) is 5.05. The lowest BCUT2D eigenvalue weighted by Gasteiger charge is -1.95. The predicted molar refractivity (Wildman–Crippen MR) is 38.2 cm³/mol. The molecule has 1 aromatic rings. The fraction of sp³-hybridized carbons (Fsp3) is 0.167. The lowest BCUT2D eigenvalue weighted by atomic mass is 10.5. The molecule has 1 rings (SSSR count). The third-order valence-corrected chi connectivity index (χ3v) is 1.35. The zero-order chi connectivity index (χ0) is 6.69. The molecule has 0 amide bonds. The number of aromatic nitrogens is 1. The molecule has 9 heavy (non-hydrogen) atoms. The van der Waals surface area contributed by atoms with Crippen molar-refractivity contribution < 1.29 is 4.74 Å². The number of nitrogens with one attached hydrogen (secondary N) is 1. The Kier molecular flexibility index (Phi) is 1.85. The maximum absolute atomic E-state index is 4.91. The van der Waals surface area contributed by atoms with Gasteiger partial charge in [0.15, 0.2) is 5.75 Å². The van der Waals surface area contributed by atoms with Crippen molar-refractivity contribution in [2.24, 2.45) is 0 Å². The molecule has 3 heteroatoms. The maximum Gasteiger partial charge on any atom is 0.152 e. The van der Waals surface area contributed by atoms with Gasteiger partial charge in [-0.1, -0.05) is 12.2 Å². The minimum absolute atomic E-state index is 0.715. The van der Waals surface area contributed by atoms with E-state index in [9.17, 15) is 0 Å². The summed E-state index contributed by atoms with van der Waals surface area (Å²) in [6.45, 7) is 0. The topological polar surface area (TPSA) is 25.0 Å². The molecule has 0 bridgehead atoms. The van der Waals surface area contributed by atoms with Gasteiger partial charge in [-0.25, -0.2) is 0 Å². The van der Waals surface area contributed by atoms with Gasteiger partial charge < -0.3 is 9.72 Å². The highest BCUT2D eigenvalue weighted by molar-refractivity contribution is 7.71. The maximum atomic E-state index is 4.91. The van der Waals surface area contributed by atoms with Crippen LogP contribution in [0.2, 0.25) is 0 Å². The van der Waals surface area contributed by atoms with E-state index in [1.807, 2.05) is 0 Å². The van der Waals surface area contributed by atoms with Crippen molar-refractivity contribution in [3.05, 3.63) is 23.0 Å². The van der Waals surface area contributed by atoms with Gasteiger partial charge in [0.25, 0.3) is 0 Å². The molecule has 0 aliphatic carbocycles. The summed E-state index contributed by atoms with van der Waals surface area (Å²) in [5.41, 5.74) is 0. The first kappa shape index (κ1) is 6.29. The summed E-state index contributed by atoms with van der Waals surface area (Å²) in [6, 6.07) is 1.79. The third kappa shape index (κ3) is 1.29. The number of hydrogen-bond donors (Lipinski definition) is 1. The van der Waals surface area contributed by atoms with Crippen LogP contribution in [0.3, 0.4) is 0 Å². The highest BCUT2D eigenvalue weighted by atomic mass is 32.1. The number of hydrogen-bond acceptors (Lipinski definition) is 2. The molecule has 48 valence electrons. The molecule has 0 aromatic carbocycles. The molecule has 0 aliphatic heterocycles. The Hall–Kier alpha value is -0.830. The Balaban J connectivity index is 3.16. The lowest BCUT2D eigenvalue weighted by Crippen LogP contribution is -1.83. The van der Waals surface area contributed by atoms with Crippen LogP contribution in [0, 0.1) is 4.51 Å². The van der Waals surface area contributed by atoms with Gasteiger partial charge in [0.2, 0.25) is 0 Å². The van der Waals surface area contributed by atoms with Crippen molar-refractivity contribution in [2.75, 3.05) is 7.11 Å². The second kappa shape index (κ2) is 2.64. The summed E-state index contributed by atoms with van der Waals surface area (Å²) >= 11 is 4.91. The smallest absolute Gasteiger partial charge is 0.152 e. The highest BCUT2D eigenvalue weighted by Crippen LogP contribution is 2.07. The molecule has 0 fully saturated rings. The summed E-state index contributed by atoms with van der Waals surface area (Å²) < 4.78 is 5.64. The van der Waals surface area contributed by atoms with Crippen molar-refractivity contribution in [1.29, 1.82) is 0 Å². The van der Waals surface area contributed by atoms with Crippen LogP contribution in [-0.4, -0.2) is 12.1 Å². The van der Waals surface area contributed by atoms with Crippen LogP contribution in [0.1, 0.15) is 0 Å². The van der Waals surface area contributed by atoms with Crippen molar-refractivity contribution >= 4 is 12.2 Å². The van der Waals surface area contributed by atoms with Gasteiger partial charge in [-0.05, 0) is 6.07 Å². The molecular weight excluding hydrogens is 134 g/mol. The van der Waals surface area contributed by atoms with Crippen LogP contribution < -0.4 is 4.74 Å². The summed E-state index contributed by atoms with van der Waals surface area (Å²) in [6.07, 6.45) is 3.49. The monoisotopic (exact) mass is 141 g/mol. The predicted octanol–water partition coefficient (Wildman–Crippen LogP) is 1.75. The molecule has 0 radical (unpaired) electrons. The first-order chi connectivity index (χ1) is 4.34. The summed E-state index contributed by atoms with van der Waals surface area (Å²) in [4.78, 5) is 2.86. The second-order valence-electron chi connectivity index (χ2n) is 1.58. The number of rotatable bonds is 1. The van der Waals surface area contributed by atoms with E-state index in [0.29, 0.717) is 5.75 Å². The molecule has 0 unspecified atom stereocenters. The number of ether oxygens (including phenoxy) is 1. The van der Waals surface area contributed by atoms with Crippen molar-refractivity contribution in [2.45, 2.75) is 0 Å². The molecule has 1 aromatic heterocycles. The Morgan fingerprint density at radius 2 is 2.44 bits per heavy atom.